The molecule has 0 aromatic heterocycles. The topological polar surface area (TPSA) is 184 Å². The van der Waals surface area contributed by atoms with Crippen LogP contribution in [0.15, 0.2) is 72.8 Å². The van der Waals surface area contributed by atoms with Crippen molar-refractivity contribution in [1.82, 2.24) is 0 Å². The van der Waals surface area contributed by atoms with Gasteiger partial charge in [-0.05, 0) is 33.7 Å². The molecule has 0 aliphatic carbocycles. The molecule has 8 nitrogen and oxygen atoms in total. The van der Waals surface area contributed by atoms with Crippen LogP contribution in [0.4, 0.5) is 0 Å². The van der Waals surface area contributed by atoms with Gasteiger partial charge in [-0.15, -0.1) is 0 Å². The van der Waals surface area contributed by atoms with E-state index in [1.165, 1.54) is 12.1 Å². The summed E-state index contributed by atoms with van der Waals surface area (Å²) in [5, 5.41) is 42.8. The molecular formula is C22H18O8Zn. The second kappa shape index (κ2) is 11.6. The second-order valence-corrected chi connectivity index (χ2v) is 5.94. The fourth-order valence-corrected chi connectivity index (χ4v) is 2.95. The van der Waals surface area contributed by atoms with Gasteiger partial charge in [0.1, 0.15) is 11.5 Å². The number of fused-ring (bicyclic) bond motifs is 2. The summed E-state index contributed by atoms with van der Waals surface area (Å²) in [5.41, 5.74) is -0.300. The van der Waals surface area contributed by atoms with Crippen molar-refractivity contribution in [2.75, 3.05) is 0 Å². The Balaban J connectivity index is 0.000000529. The minimum absolute atomic E-state index is 0. The van der Waals surface area contributed by atoms with Crippen LogP contribution < -0.4 is 10.2 Å². The fourth-order valence-electron chi connectivity index (χ4n) is 2.95. The zero-order valence-electron chi connectivity index (χ0n) is 16.2. The molecule has 4 rings (SSSR count). The van der Waals surface area contributed by atoms with Crippen LogP contribution in [0.2, 0.25) is 0 Å². The number of aromatic hydroxyl groups is 2. The summed E-state index contributed by atoms with van der Waals surface area (Å²) in [4.78, 5) is 21.5. The number of phenols is 2. The maximum Gasteiger partial charge on any atom is 2.00 e. The van der Waals surface area contributed by atoms with Gasteiger partial charge in [-0.2, -0.15) is 0 Å². The summed E-state index contributed by atoms with van der Waals surface area (Å²) in [7, 11) is 0. The van der Waals surface area contributed by atoms with Crippen molar-refractivity contribution in [3.8, 4) is 11.5 Å². The monoisotopic (exact) mass is 474 g/mol. The first kappa shape index (κ1) is 27.5. The molecule has 4 aromatic carbocycles. The summed E-state index contributed by atoms with van der Waals surface area (Å²) >= 11 is 0. The summed E-state index contributed by atoms with van der Waals surface area (Å²) in [5.74, 6) is -3.24. The minimum Gasteiger partial charge on any atom is -0.545 e. The first-order valence-corrected chi connectivity index (χ1v) is 8.24. The number of carboxylic acid groups (broad SMARTS) is 2. The zero-order valence-corrected chi connectivity index (χ0v) is 19.1. The normalized spacial score (nSPS) is 9.29. The molecule has 0 aliphatic rings. The molecule has 0 saturated heterocycles. The van der Waals surface area contributed by atoms with Crippen LogP contribution >= 0.6 is 0 Å². The van der Waals surface area contributed by atoms with E-state index in [4.69, 9.17) is 0 Å². The van der Waals surface area contributed by atoms with Crippen molar-refractivity contribution in [2.24, 2.45) is 0 Å². The van der Waals surface area contributed by atoms with Crippen LogP contribution in [0.3, 0.4) is 0 Å². The quantitative estimate of drug-likeness (QED) is 0.389. The Morgan fingerprint density at radius 2 is 0.903 bits per heavy atom. The smallest absolute Gasteiger partial charge is 0.545 e. The standard InChI is InChI=1S/2C11H8O3.2H2O.Zn/c2*12-9-6-5-7-3-1-2-4-8(7)10(9)11(13)14;;;/h2*1-6,12H,(H,13,14);2*1H2;/q;;;;+2/p-2. The molecule has 0 fully saturated rings. The molecule has 0 saturated carbocycles. The second-order valence-electron chi connectivity index (χ2n) is 5.94. The van der Waals surface area contributed by atoms with Crippen molar-refractivity contribution >= 4 is 33.5 Å². The van der Waals surface area contributed by atoms with Gasteiger partial charge in [0, 0.05) is 11.1 Å². The van der Waals surface area contributed by atoms with E-state index in [0.717, 1.165) is 10.8 Å². The molecule has 31 heavy (non-hydrogen) atoms. The van der Waals surface area contributed by atoms with Gasteiger partial charge in [-0.3, -0.25) is 0 Å². The van der Waals surface area contributed by atoms with Gasteiger partial charge in [-0.25, -0.2) is 0 Å². The van der Waals surface area contributed by atoms with E-state index in [9.17, 15) is 30.0 Å². The van der Waals surface area contributed by atoms with E-state index in [-0.39, 0.29) is 53.1 Å². The molecule has 0 aliphatic heterocycles. The van der Waals surface area contributed by atoms with Crippen molar-refractivity contribution < 1.29 is 60.4 Å². The van der Waals surface area contributed by atoms with E-state index < -0.39 is 11.9 Å². The van der Waals surface area contributed by atoms with Crippen molar-refractivity contribution in [3.63, 3.8) is 0 Å². The van der Waals surface area contributed by atoms with Crippen LogP contribution in [0, 0.1) is 0 Å². The molecular weight excluding hydrogens is 458 g/mol. The summed E-state index contributed by atoms with van der Waals surface area (Å²) in [6, 6.07) is 19.9. The molecule has 0 radical (unpaired) electrons. The molecule has 4 aromatic rings. The molecule has 156 valence electrons. The maximum absolute atomic E-state index is 10.8. The third-order valence-corrected chi connectivity index (χ3v) is 4.22. The minimum atomic E-state index is -1.36. The van der Waals surface area contributed by atoms with Crippen LogP contribution in [0.1, 0.15) is 20.7 Å². The van der Waals surface area contributed by atoms with Gasteiger partial charge in [0.2, 0.25) is 0 Å². The molecule has 0 spiro atoms. The zero-order chi connectivity index (χ0) is 20.3. The molecule has 0 atom stereocenters. The van der Waals surface area contributed by atoms with Gasteiger partial charge in [-0.1, -0.05) is 60.7 Å². The number of carboxylic acids is 2. The number of aromatic carboxylic acids is 2. The van der Waals surface area contributed by atoms with E-state index in [2.05, 4.69) is 0 Å². The van der Waals surface area contributed by atoms with E-state index in [0.29, 0.717) is 10.8 Å². The van der Waals surface area contributed by atoms with Crippen LogP contribution in [0.25, 0.3) is 21.5 Å². The number of rotatable bonds is 2. The Bertz CT molecular complexity index is 1110. The van der Waals surface area contributed by atoms with E-state index >= 15 is 0 Å². The predicted octanol–water partition coefficient (Wildman–Crippen LogP) is 0.166. The first-order valence-electron chi connectivity index (χ1n) is 8.24. The van der Waals surface area contributed by atoms with E-state index in [1.54, 1.807) is 60.7 Å². The Morgan fingerprint density at radius 3 is 1.23 bits per heavy atom. The Kier molecular flexibility index (Phi) is 10.3. The van der Waals surface area contributed by atoms with Gasteiger partial charge in [0.05, 0.1) is 11.9 Å². The predicted molar refractivity (Wildman–Crippen MR) is 107 cm³/mol. The average Bonchev–Trinajstić information content (AvgIpc) is 2.67. The van der Waals surface area contributed by atoms with Gasteiger partial charge < -0.3 is 41.0 Å². The molecule has 0 heterocycles. The molecule has 0 unspecified atom stereocenters. The van der Waals surface area contributed by atoms with Crippen LogP contribution in [-0.4, -0.2) is 33.1 Å². The van der Waals surface area contributed by atoms with Gasteiger partial charge in [0.15, 0.2) is 0 Å². The number of hydrogen-bond donors (Lipinski definition) is 2. The molecule has 0 amide bonds. The fraction of sp³-hybridized carbons (Fsp3) is 0. The number of benzene rings is 4. The number of carbonyl (C=O) groups excluding carboxylic acids is 2. The van der Waals surface area contributed by atoms with Crippen molar-refractivity contribution in [2.45, 2.75) is 0 Å². The van der Waals surface area contributed by atoms with Gasteiger partial charge >= 0.3 is 19.5 Å². The number of carbonyl (C=O) groups is 2. The molecule has 6 N–H and O–H groups in total. The maximum atomic E-state index is 10.8. The van der Waals surface area contributed by atoms with Gasteiger partial charge in [0.25, 0.3) is 0 Å². The first-order chi connectivity index (χ1) is 13.4. The van der Waals surface area contributed by atoms with E-state index in [1.807, 2.05) is 0 Å². The van der Waals surface area contributed by atoms with Crippen LogP contribution in [-0.2, 0) is 19.5 Å². The van der Waals surface area contributed by atoms with Crippen LogP contribution in [0.5, 0.6) is 11.5 Å². The molecule has 0 bridgehead atoms. The third-order valence-electron chi connectivity index (χ3n) is 4.22. The third kappa shape index (κ3) is 5.76. The summed E-state index contributed by atoms with van der Waals surface area (Å²) in [6.45, 7) is 0. The van der Waals surface area contributed by atoms with Crippen molar-refractivity contribution in [1.29, 1.82) is 0 Å². The summed E-state index contributed by atoms with van der Waals surface area (Å²) < 4.78 is 0. The Labute approximate surface area is 189 Å². The average molecular weight is 476 g/mol. The molecule has 9 heteroatoms. The van der Waals surface area contributed by atoms with Crippen molar-refractivity contribution in [3.05, 3.63) is 83.9 Å². The summed E-state index contributed by atoms with van der Waals surface area (Å²) in [6.07, 6.45) is 0. The largest absolute Gasteiger partial charge is 2.00 e. The number of hydrogen-bond acceptors (Lipinski definition) is 6. The Hall–Kier alpha value is -3.52. The SMILES string of the molecule is O.O.O=C([O-])c1c(O)ccc2ccccc12.O=C([O-])c1c(O)ccc2ccccc12.[Zn+2]. The Morgan fingerprint density at radius 1 is 0.581 bits per heavy atom.